The fourth-order valence-corrected chi connectivity index (χ4v) is 2.54. The fourth-order valence-electron chi connectivity index (χ4n) is 2.54. The maximum atomic E-state index is 11.4. The van der Waals surface area contributed by atoms with E-state index in [0.29, 0.717) is 44.0 Å². The normalized spacial score (nSPS) is 29.4. The largest absolute Gasteiger partial charge is 0.481 e. The van der Waals surface area contributed by atoms with Crippen LogP contribution in [0.15, 0.2) is 0 Å². The molecular formula is C13H20O5. The van der Waals surface area contributed by atoms with Crippen LogP contribution in [0.3, 0.4) is 0 Å². The summed E-state index contributed by atoms with van der Waals surface area (Å²) in [6.45, 7) is 0.457. The molecule has 0 aromatic carbocycles. The minimum Gasteiger partial charge on any atom is -0.481 e. The first-order valence-electron chi connectivity index (χ1n) is 6.69. The van der Waals surface area contributed by atoms with Crippen molar-refractivity contribution >= 4 is 11.9 Å². The monoisotopic (exact) mass is 256 g/mol. The molecule has 1 saturated heterocycles. The Balaban J connectivity index is 1.53. The second kappa shape index (κ2) is 6.18. The lowest BCUT2D eigenvalue weighted by Gasteiger charge is -2.17. The van der Waals surface area contributed by atoms with Gasteiger partial charge in [0.15, 0.2) is 0 Å². The van der Waals surface area contributed by atoms with Crippen LogP contribution in [0.2, 0.25) is 0 Å². The summed E-state index contributed by atoms with van der Waals surface area (Å²) in [6, 6.07) is 0. The minimum atomic E-state index is -0.817. The fraction of sp³-hybridized carbons (Fsp3) is 0.846. The minimum absolute atomic E-state index is 0.119. The maximum Gasteiger partial charge on any atom is 0.305 e. The van der Waals surface area contributed by atoms with Gasteiger partial charge in [-0.2, -0.15) is 0 Å². The predicted octanol–water partition coefficient (Wildman–Crippen LogP) is 1.74. The van der Waals surface area contributed by atoms with E-state index in [9.17, 15) is 9.59 Å². The molecule has 2 fully saturated rings. The van der Waals surface area contributed by atoms with Crippen LogP contribution < -0.4 is 0 Å². The summed E-state index contributed by atoms with van der Waals surface area (Å²) in [5.41, 5.74) is 0. The van der Waals surface area contributed by atoms with Gasteiger partial charge in [0.05, 0.1) is 18.8 Å². The number of hydrogen-bond acceptors (Lipinski definition) is 4. The van der Waals surface area contributed by atoms with Crippen molar-refractivity contribution in [3.05, 3.63) is 0 Å². The molecule has 0 bridgehead atoms. The zero-order valence-electron chi connectivity index (χ0n) is 10.5. The van der Waals surface area contributed by atoms with E-state index in [1.807, 2.05) is 0 Å². The molecule has 0 spiro atoms. The third-order valence-electron chi connectivity index (χ3n) is 3.63. The van der Waals surface area contributed by atoms with Crippen molar-refractivity contribution in [3.63, 3.8) is 0 Å². The Morgan fingerprint density at radius 2 is 2.00 bits per heavy atom. The number of unbranched alkanes of at least 4 members (excludes halogenated alkanes) is 1. The third-order valence-corrected chi connectivity index (χ3v) is 3.63. The van der Waals surface area contributed by atoms with E-state index in [0.717, 1.165) is 19.3 Å². The molecule has 5 nitrogen and oxygen atoms in total. The number of carbonyl (C=O) groups is 2. The second-order valence-electron chi connectivity index (χ2n) is 5.11. The van der Waals surface area contributed by atoms with Gasteiger partial charge in [0.2, 0.25) is 0 Å². The molecule has 1 N–H and O–H groups in total. The summed E-state index contributed by atoms with van der Waals surface area (Å²) in [6.07, 6.45) is 5.65. The molecule has 102 valence electrons. The van der Waals surface area contributed by atoms with Crippen molar-refractivity contribution in [1.82, 2.24) is 0 Å². The highest BCUT2D eigenvalue weighted by Crippen LogP contribution is 2.40. The Morgan fingerprint density at radius 3 is 2.78 bits per heavy atom. The van der Waals surface area contributed by atoms with Crippen LogP contribution in [0.25, 0.3) is 0 Å². The molecule has 1 aliphatic carbocycles. The summed E-state index contributed by atoms with van der Waals surface area (Å²) >= 11 is 0. The number of fused-ring (bicyclic) bond motifs is 1. The Bertz CT molecular complexity index is 315. The Hall–Kier alpha value is -1.10. The molecule has 0 aromatic rings. The van der Waals surface area contributed by atoms with Gasteiger partial charge in [0.25, 0.3) is 0 Å². The molecule has 3 atom stereocenters. The van der Waals surface area contributed by atoms with E-state index in [4.69, 9.17) is 14.6 Å². The van der Waals surface area contributed by atoms with E-state index in [1.165, 1.54) is 0 Å². The van der Waals surface area contributed by atoms with E-state index in [-0.39, 0.29) is 12.4 Å². The van der Waals surface area contributed by atoms with Gasteiger partial charge in [-0.3, -0.25) is 9.59 Å². The summed E-state index contributed by atoms with van der Waals surface area (Å²) in [4.78, 5) is 21.7. The lowest BCUT2D eigenvalue weighted by molar-refractivity contribution is -0.146. The van der Waals surface area contributed by atoms with E-state index in [1.54, 1.807) is 0 Å². The number of aliphatic carboxylic acids is 1. The molecule has 3 unspecified atom stereocenters. The zero-order valence-corrected chi connectivity index (χ0v) is 10.5. The van der Waals surface area contributed by atoms with Gasteiger partial charge < -0.3 is 14.6 Å². The first-order chi connectivity index (χ1) is 8.66. The molecule has 0 radical (unpaired) electrons. The molecule has 0 aromatic heterocycles. The van der Waals surface area contributed by atoms with Crippen molar-refractivity contribution in [3.8, 4) is 0 Å². The van der Waals surface area contributed by atoms with E-state index >= 15 is 0 Å². The van der Waals surface area contributed by atoms with Gasteiger partial charge in [0, 0.05) is 18.8 Å². The topological polar surface area (TPSA) is 76.1 Å². The molecule has 1 saturated carbocycles. The van der Waals surface area contributed by atoms with Gasteiger partial charge in [-0.05, 0) is 25.7 Å². The Morgan fingerprint density at radius 1 is 1.22 bits per heavy atom. The van der Waals surface area contributed by atoms with Crippen LogP contribution in [0.4, 0.5) is 0 Å². The Kier molecular flexibility index (Phi) is 4.58. The third kappa shape index (κ3) is 3.98. The van der Waals surface area contributed by atoms with Gasteiger partial charge >= 0.3 is 11.9 Å². The van der Waals surface area contributed by atoms with Crippen LogP contribution in [-0.4, -0.2) is 35.9 Å². The second-order valence-corrected chi connectivity index (χ2v) is 5.11. The van der Waals surface area contributed by atoms with Crippen LogP contribution >= 0.6 is 0 Å². The average molecular weight is 256 g/mol. The van der Waals surface area contributed by atoms with Crippen LogP contribution in [0.5, 0.6) is 0 Å². The van der Waals surface area contributed by atoms with Gasteiger partial charge in [0.1, 0.15) is 0 Å². The number of carboxylic acid groups (broad SMARTS) is 1. The predicted molar refractivity (Wildman–Crippen MR) is 63.1 cm³/mol. The summed E-state index contributed by atoms with van der Waals surface area (Å²) in [7, 11) is 0. The molecule has 1 aliphatic heterocycles. The smallest absolute Gasteiger partial charge is 0.305 e. The SMILES string of the molecule is O=C(O)CCCCC(=O)OCC1CCCC2OC12. The van der Waals surface area contributed by atoms with Crippen molar-refractivity contribution in [1.29, 1.82) is 0 Å². The number of hydrogen-bond donors (Lipinski definition) is 1. The number of epoxide rings is 1. The summed E-state index contributed by atoms with van der Waals surface area (Å²) < 4.78 is 10.7. The van der Waals surface area contributed by atoms with Crippen LogP contribution in [-0.2, 0) is 19.1 Å². The first kappa shape index (κ1) is 13.3. The van der Waals surface area contributed by atoms with Crippen LogP contribution in [0.1, 0.15) is 44.9 Å². The van der Waals surface area contributed by atoms with Gasteiger partial charge in [-0.15, -0.1) is 0 Å². The van der Waals surface area contributed by atoms with Crippen molar-refractivity contribution in [2.45, 2.75) is 57.2 Å². The van der Waals surface area contributed by atoms with Crippen molar-refractivity contribution < 1.29 is 24.2 Å². The maximum absolute atomic E-state index is 11.4. The highest BCUT2D eigenvalue weighted by atomic mass is 16.6. The summed E-state index contributed by atoms with van der Waals surface area (Å²) in [5, 5.41) is 8.46. The number of ether oxygens (including phenoxy) is 2. The van der Waals surface area contributed by atoms with Crippen molar-refractivity contribution in [2.24, 2.45) is 5.92 Å². The number of carbonyl (C=O) groups excluding carboxylic acids is 1. The molecule has 18 heavy (non-hydrogen) atoms. The zero-order chi connectivity index (χ0) is 13.0. The standard InChI is InChI=1S/C13H20O5/c14-11(15)6-1-2-7-12(16)17-8-9-4-3-5-10-13(9)18-10/h9-10,13H,1-8H2,(H,14,15). The highest BCUT2D eigenvalue weighted by molar-refractivity contribution is 5.69. The van der Waals surface area contributed by atoms with Crippen molar-refractivity contribution in [2.75, 3.05) is 6.61 Å². The number of carboxylic acids is 1. The van der Waals surface area contributed by atoms with Crippen LogP contribution in [0, 0.1) is 5.92 Å². The van der Waals surface area contributed by atoms with E-state index in [2.05, 4.69) is 0 Å². The first-order valence-corrected chi connectivity index (χ1v) is 6.69. The summed E-state index contributed by atoms with van der Waals surface area (Å²) in [5.74, 6) is -0.669. The number of esters is 1. The molecule has 2 aliphatic rings. The molecular weight excluding hydrogens is 236 g/mol. The quantitative estimate of drug-likeness (QED) is 0.426. The number of rotatable bonds is 7. The lowest BCUT2D eigenvalue weighted by atomic mass is 9.90. The molecule has 1 heterocycles. The highest BCUT2D eigenvalue weighted by Gasteiger charge is 2.47. The molecule has 0 amide bonds. The van der Waals surface area contributed by atoms with Gasteiger partial charge in [-0.25, -0.2) is 0 Å². The lowest BCUT2D eigenvalue weighted by Crippen LogP contribution is -2.23. The Labute approximate surface area is 106 Å². The average Bonchev–Trinajstić information content (AvgIpc) is 3.11. The molecule has 5 heteroatoms. The molecule has 2 rings (SSSR count). The van der Waals surface area contributed by atoms with E-state index < -0.39 is 5.97 Å². The van der Waals surface area contributed by atoms with Gasteiger partial charge in [-0.1, -0.05) is 6.42 Å².